The molecule has 0 spiro atoms. The van der Waals surface area contributed by atoms with E-state index in [0.717, 1.165) is 5.56 Å². The molecule has 0 atom stereocenters. The number of ether oxygens (including phenoxy) is 1. The van der Waals surface area contributed by atoms with Gasteiger partial charge in [0, 0.05) is 0 Å². The van der Waals surface area contributed by atoms with Gasteiger partial charge < -0.3 is 10.9 Å². The van der Waals surface area contributed by atoms with Gasteiger partial charge >= 0.3 is 5.97 Å². The highest BCUT2D eigenvalue weighted by Crippen LogP contribution is 2.23. The highest BCUT2D eigenvalue weighted by Gasteiger charge is 2.30. The third-order valence-corrected chi connectivity index (χ3v) is 2.19. The lowest BCUT2D eigenvalue weighted by atomic mass is 9.85. The van der Waals surface area contributed by atoms with Crippen LogP contribution in [0, 0.1) is 0 Å². The summed E-state index contributed by atoms with van der Waals surface area (Å²) in [5.41, 5.74) is 0.414. The van der Waals surface area contributed by atoms with Crippen molar-refractivity contribution in [1.82, 2.24) is 6.15 Å². The van der Waals surface area contributed by atoms with Crippen molar-refractivity contribution in [2.45, 2.75) is 19.3 Å². The fraction of sp³-hybridized carbons (Fsp3) is 0.364. The molecule has 0 aromatic heterocycles. The Balaban J connectivity index is 0.00000169. The third kappa shape index (κ3) is 2.33. The molecule has 0 unspecified atom stereocenters. The molecule has 1 aromatic carbocycles. The second-order valence-corrected chi connectivity index (χ2v) is 3.48. The minimum absolute atomic E-state index is 0. The molecule has 3 heteroatoms. The van der Waals surface area contributed by atoms with Gasteiger partial charge in [-0.05, 0) is 19.4 Å². The Kier molecular flexibility index (Phi) is 4.31. The molecule has 0 radical (unpaired) electrons. The van der Waals surface area contributed by atoms with Crippen LogP contribution in [0.3, 0.4) is 0 Å². The Morgan fingerprint density at radius 3 is 2.14 bits per heavy atom. The first-order chi connectivity index (χ1) is 6.09. The van der Waals surface area contributed by atoms with Crippen LogP contribution in [0.1, 0.15) is 19.4 Å². The van der Waals surface area contributed by atoms with Crippen molar-refractivity contribution in [1.29, 1.82) is 0 Å². The van der Waals surface area contributed by atoms with E-state index in [1.807, 2.05) is 44.2 Å². The predicted octanol–water partition coefficient (Wildman–Crippen LogP) is 2.30. The van der Waals surface area contributed by atoms with Gasteiger partial charge in [0.2, 0.25) is 0 Å². The summed E-state index contributed by atoms with van der Waals surface area (Å²) < 4.78 is 4.73. The quantitative estimate of drug-likeness (QED) is 0.736. The molecule has 1 aromatic rings. The molecular weight excluding hydrogens is 178 g/mol. The standard InChI is InChI=1S/C11H14O2.H3N/c1-11(2,10(12)13-3)9-7-5-4-6-8-9;/h4-8H,1-3H3;1H3. The van der Waals surface area contributed by atoms with Crippen LogP contribution < -0.4 is 6.15 Å². The average Bonchev–Trinajstić information content (AvgIpc) is 2.18. The Morgan fingerprint density at radius 2 is 1.71 bits per heavy atom. The molecule has 3 N–H and O–H groups in total. The van der Waals surface area contributed by atoms with Crippen molar-refractivity contribution in [3.8, 4) is 0 Å². The van der Waals surface area contributed by atoms with Crippen molar-refractivity contribution in [3.63, 3.8) is 0 Å². The first-order valence-electron chi connectivity index (χ1n) is 4.23. The van der Waals surface area contributed by atoms with E-state index < -0.39 is 5.41 Å². The molecule has 1 rings (SSSR count). The number of carbonyl (C=O) groups excluding carboxylic acids is 1. The Bertz CT molecular complexity index is 293. The number of benzene rings is 1. The molecule has 0 saturated carbocycles. The molecule has 0 amide bonds. The summed E-state index contributed by atoms with van der Waals surface area (Å²) in [6.45, 7) is 3.71. The van der Waals surface area contributed by atoms with E-state index in [-0.39, 0.29) is 12.1 Å². The lowest BCUT2D eigenvalue weighted by Crippen LogP contribution is -2.29. The molecule has 0 fully saturated rings. The van der Waals surface area contributed by atoms with E-state index in [0.29, 0.717) is 0 Å². The molecule has 0 aliphatic heterocycles. The number of esters is 1. The smallest absolute Gasteiger partial charge is 0.315 e. The molecule has 3 nitrogen and oxygen atoms in total. The lowest BCUT2D eigenvalue weighted by molar-refractivity contribution is -0.146. The minimum atomic E-state index is -0.560. The highest BCUT2D eigenvalue weighted by molar-refractivity contribution is 5.81. The highest BCUT2D eigenvalue weighted by atomic mass is 16.5. The van der Waals surface area contributed by atoms with Gasteiger partial charge in [-0.2, -0.15) is 0 Å². The van der Waals surface area contributed by atoms with Gasteiger partial charge in [0.15, 0.2) is 0 Å². The van der Waals surface area contributed by atoms with E-state index in [1.54, 1.807) is 0 Å². The van der Waals surface area contributed by atoms with Gasteiger partial charge in [0.1, 0.15) is 0 Å². The first kappa shape index (κ1) is 12.7. The van der Waals surface area contributed by atoms with Crippen LogP contribution in [0.25, 0.3) is 0 Å². The van der Waals surface area contributed by atoms with Crippen LogP contribution in [0.4, 0.5) is 0 Å². The summed E-state index contributed by atoms with van der Waals surface area (Å²) in [5, 5.41) is 0. The van der Waals surface area contributed by atoms with Crippen LogP contribution in [-0.2, 0) is 14.9 Å². The van der Waals surface area contributed by atoms with Crippen LogP contribution in [-0.4, -0.2) is 13.1 Å². The number of hydrogen-bond acceptors (Lipinski definition) is 3. The lowest BCUT2D eigenvalue weighted by Gasteiger charge is -2.21. The summed E-state index contributed by atoms with van der Waals surface area (Å²) >= 11 is 0. The molecule has 0 aliphatic carbocycles. The van der Waals surface area contributed by atoms with Crippen LogP contribution in [0.5, 0.6) is 0 Å². The van der Waals surface area contributed by atoms with E-state index in [4.69, 9.17) is 4.74 Å². The van der Waals surface area contributed by atoms with Gasteiger partial charge in [-0.15, -0.1) is 0 Å². The molecule has 0 aliphatic rings. The van der Waals surface area contributed by atoms with Crippen LogP contribution in [0.2, 0.25) is 0 Å². The normalized spacial score (nSPS) is 10.2. The SMILES string of the molecule is COC(=O)C(C)(C)c1ccccc1.N. The minimum Gasteiger partial charge on any atom is -0.468 e. The van der Waals surface area contributed by atoms with E-state index in [9.17, 15) is 4.79 Å². The van der Waals surface area contributed by atoms with Crippen molar-refractivity contribution in [2.24, 2.45) is 0 Å². The maximum Gasteiger partial charge on any atom is 0.315 e. The average molecular weight is 195 g/mol. The van der Waals surface area contributed by atoms with E-state index >= 15 is 0 Å². The summed E-state index contributed by atoms with van der Waals surface area (Å²) in [4.78, 5) is 11.4. The zero-order valence-electron chi connectivity index (χ0n) is 8.91. The fourth-order valence-electron chi connectivity index (χ4n) is 1.23. The number of hydrogen-bond donors (Lipinski definition) is 1. The zero-order valence-corrected chi connectivity index (χ0v) is 8.91. The number of rotatable bonds is 2. The van der Waals surface area contributed by atoms with Gasteiger partial charge in [0.25, 0.3) is 0 Å². The van der Waals surface area contributed by atoms with E-state index in [1.165, 1.54) is 7.11 Å². The molecule has 0 bridgehead atoms. The Morgan fingerprint density at radius 1 is 1.21 bits per heavy atom. The maximum absolute atomic E-state index is 11.4. The van der Waals surface area contributed by atoms with Crippen LogP contribution >= 0.6 is 0 Å². The van der Waals surface area contributed by atoms with Gasteiger partial charge in [-0.1, -0.05) is 30.3 Å². The van der Waals surface area contributed by atoms with Gasteiger partial charge in [-0.3, -0.25) is 4.79 Å². The van der Waals surface area contributed by atoms with Gasteiger partial charge in [0.05, 0.1) is 12.5 Å². The number of methoxy groups -OCH3 is 1. The Hall–Kier alpha value is -1.35. The van der Waals surface area contributed by atoms with Crippen LogP contribution in [0.15, 0.2) is 30.3 Å². The molecular formula is C11H17NO2. The van der Waals surface area contributed by atoms with Crippen molar-refractivity contribution >= 4 is 5.97 Å². The van der Waals surface area contributed by atoms with Crippen molar-refractivity contribution in [2.75, 3.05) is 7.11 Å². The summed E-state index contributed by atoms with van der Waals surface area (Å²) in [6, 6.07) is 9.62. The van der Waals surface area contributed by atoms with E-state index in [2.05, 4.69) is 0 Å². The van der Waals surface area contributed by atoms with Gasteiger partial charge in [-0.25, -0.2) is 0 Å². The van der Waals surface area contributed by atoms with Crippen molar-refractivity contribution < 1.29 is 9.53 Å². The van der Waals surface area contributed by atoms with Crippen molar-refractivity contribution in [3.05, 3.63) is 35.9 Å². The second kappa shape index (κ2) is 4.77. The first-order valence-corrected chi connectivity index (χ1v) is 4.23. The fourth-order valence-corrected chi connectivity index (χ4v) is 1.23. The predicted molar refractivity (Wildman–Crippen MR) is 56.5 cm³/mol. The largest absolute Gasteiger partial charge is 0.468 e. The topological polar surface area (TPSA) is 61.3 Å². The summed E-state index contributed by atoms with van der Waals surface area (Å²) in [6.07, 6.45) is 0. The monoisotopic (exact) mass is 195 g/mol. The third-order valence-electron chi connectivity index (χ3n) is 2.19. The molecule has 14 heavy (non-hydrogen) atoms. The summed E-state index contributed by atoms with van der Waals surface area (Å²) in [7, 11) is 1.41. The zero-order chi connectivity index (χ0) is 9.90. The molecule has 78 valence electrons. The second-order valence-electron chi connectivity index (χ2n) is 3.48. The Labute approximate surface area is 84.7 Å². The maximum atomic E-state index is 11.4. The number of carbonyl (C=O) groups is 1. The summed E-state index contributed by atoms with van der Waals surface area (Å²) in [5.74, 6) is -0.210. The molecule has 0 heterocycles. The molecule has 0 saturated heterocycles.